The van der Waals surface area contributed by atoms with Gasteiger partial charge in [0.05, 0.1) is 12.2 Å². The molecule has 13 heteroatoms. The van der Waals surface area contributed by atoms with Gasteiger partial charge >= 0.3 is 0 Å². The van der Waals surface area contributed by atoms with Crippen LogP contribution in [0.15, 0.2) is 42.9 Å². The van der Waals surface area contributed by atoms with Crippen LogP contribution in [0.2, 0.25) is 0 Å². The summed E-state index contributed by atoms with van der Waals surface area (Å²) in [6.45, 7) is 11.1. The van der Waals surface area contributed by atoms with Gasteiger partial charge in [-0.25, -0.2) is 4.98 Å². The van der Waals surface area contributed by atoms with Crippen molar-refractivity contribution >= 4 is 35.3 Å². The summed E-state index contributed by atoms with van der Waals surface area (Å²) in [4.78, 5) is 90.7. The fraction of sp³-hybridized carbons (Fsp3) is 0.556. The summed E-state index contributed by atoms with van der Waals surface area (Å²) in [7, 11) is 0. The highest BCUT2D eigenvalue weighted by molar-refractivity contribution is 6.38. The quantitative estimate of drug-likeness (QED) is 0.220. The number of carbonyl (C=O) groups excluding carboxylic acids is 6. The first kappa shape index (κ1) is 37.1. The zero-order valence-electron chi connectivity index (χ0n) is 29.2. The first-order valence-corrected chi connectivity index (χ1v) is 17.1. The number of benzene rings is 1. The number of ketones is 1. The lowest BCUT2D eigenvalue weighted by Gasteiger charge is -2.41. The normalized spacial score (nSPS) is 18.2. The van der Waals surface area contributed by atoms with Crippen molar-refractivity contribution in [3.05, 3.63) is 59.7 Å². The average Bonchev–Trinajstić information content (AvgIpc) is 3.91. The number of nitrogens with zero attached hydrogens (tertiary/aromatic N) is 3. The van der Waals surface area contributed by atoms with E-state index in [-0.39, 0.29) is 37.0 Å². The monoisotopic (exact) mass is 675 g/mol. The van der Waals surface area contributed by atoms with Crippen molar-refractivity contribution in [2.45, 2.75) is 117 Å². The van der Waals surface area contributed by atoms with E-state index in [1.165, 1.54) is 23.5 Å². The molecule has 1 aliphatic carbocycles. The summed E-state index contributed by atoms with van der Waals surface area (Å²) in [6, 6.07) is 3.37. The van der Waals surface area contributed by atoms with Gasteiger partial charge in [0.2, 0.25) is 23.5 Å². The third-order valence-corrected chi connectivity index (χ3v) is 9.16. The molecule has 1 aromatic carbocycles. The highest BCUT2D eigenvalue weighted by atomic mass is 16.2. The molecule has 0 spiro atoms. The third-order valence-electron chi connectivity index (χ3n) is 9.16. The molecule has 5 atom stereocenters. The Balaban J connectivity index is 1.60. The predicted molar refractivity (Wildman–Crippen MR) is 182 cm³/mol. The number of nitrogens with one attached hydrogen (secondary N) is 4. The van der Waals surface area contributed by atoms with Crippen molar-refractivity contribution in [1.29, 1.82) is 0 Å². The molecule has 5 amide bonds. The summed E-state index contributed by atoms with van der Waals surface area (Å²) in [5, 5.41) is 11.2. The third kappa shape index (κ3) is 9.48. The topological polar surface area (TPSA) is 180 Å². The van der Waals surface area contributed by atoms with Crippen molar-refractivity contribution in [1.82, 2.24) is 36.1 Å². The molecule has 4 rings (SSSR count). The number of Topliss-reactive ketones (excluding diaryl/α,β-unsaturated/α-hetero) is 1. The Morgan fingerprint density at radius 2 is 1.65 bits per heavy atom. The van der Waals surface area contributed by atoms with E-state index in [2.05, 4.69) is 31.2 Å². The molecule has 1 aromatic heterocycles. The second-order valence-corrected chi connectivity index (χ2v) is 14.2. The first-order chi connectivity index (χ1) is 23.2. The Bertz CT molecular complexity index is 1540. The molecule has 1 fully saturated rings. The van der Waals surface area contributed by atoms with Gasteiger partial charge in [-0.2, -0.15) is 0 Å². The molecule has 0 radical (unpaired) electrons. The standard InChI is InChI=1S/C36H49N7O6/c1-7-11-25(29(44)34(48)39-24-14-15-24)40-32(46)27-18-22-12-9-10-13-23(22)20-43(27)35(49)30(36(4,5)6)42-33(47)28(21(3)8-2)41-31(45)26-19-37-16-17-38-26/h9-10,12-13,16-17,19,21,24-25,27-28,30H,7-8,11,14-15,18,20H2,1-6H3,(H,39,48)(H,40,46)(H,41,45)(H,42,47)/t21-,25-,27-,28-,30+/m0/s1. The molecule has 1 aliphatic heterocycles. The molecular formula is C36H49N7O6. The van der Waals surface area contributed by atoms with E-state index < -0.39 is 64.9 Å². The molecule has 49 heavy (non-hydrogen) atoms. The maximum atomic E-state index is 14.6. The number of carbonyl (C=O) groups is 6. The molecule has 2 aliphatic rings. The Morgan fingerprint density at radius 1 is 0.959 bits per heavy atom. The Labute approximate surface area is 287 Å². The van der Waals surface area contributed by atoms with Crippen LogP contribution in [-0.4, -0.2) is 80.4 Å². The maximum absolute atomic E-state index is 14.6. The molecule has 2 aromatic rings. The summed E-state index contributed by atoms with van der Waals surface area (Å²) in [6.07, 6.45) is 7.33. The SMILES string of the molecule is CCC[C@H](NC(=O)[C@@H]1Cc2ccccc2CN1C(=O)[C@@H](NC(=O)[C@@H](NC(=O)c1cnccn1)[C@@H](C)CC)C(C)(C)C)C(=O)C(=O)NC1CC1. The minimum absolute atomic E-state index is 0.0119. The van der Waals surface area contributed by atoms with Crippen LogP contribution in [0.1, 0.15) is 95.3 Å². The molecule has 0 unspecified atom stereocenters. The summed E-state index contributed by atoms with van der Waals surface area (Å²) in [5.74, 6) is -3.88. The highest BCUT2D eigenvalue weighted by Crippen LogP contribution is 2.29. The number of rotatable bonds is 14. The zero-order valence-corrected chi connectivity index (χ0v) is 29.2. The smallest absolute Gasteiger partial charge is 0.289 e. The minimum Gasteiger partial charge on any atom is -0.347 e. The predicted octanol–water partition coefficient (Wildman–Crippen LogP) is 2.24. The van der Waals surface area contributed by atoms with Crippen LogP contribution in [0.5, 0.6) is 0 Å². The minimum atomic E-state index is -1.09. The molecule has 13 nitrogen and oxygen atoms in total. The van der Waals surface area contributed by atoms with Crippen molar-refractivity contribution in [3.8, 4) is 0 Å². The van der Waals surface area contributed by atoms with Crippen LogP contribution in [0.25, 0.3) is 0 Å². The van der Waals surface area contributed by atoms with Crippen LogP contribution in [0.3, 0.4) is 0 Å². The van der Waals surface area contributed by atoms with E-state index in [1.54, 1.807) is 0 Å². The van der Waals surface area contributed by atoms with Gasteiger partial charge in [0.15, 0.2) is 0 Å². The number of aromatic nitrogens is 2. The Hall–Kier alpha value is -4.68. The fourth-order valence-electron chi connectivity index (χ4n) is 5.84. The van der Waals surface area contributed by atoms with Gasteiger partial charge < -0.3 is 26.2 Å². The van der Waals surface area contributed by atoms with Gasteiger partial charge in [0.25, 0.3) is 11.8 Å². The zero-order chi connectivity index (χ0) is 35.9. The first-order valence-electron chi connectivity index (χ1n) is 17.1. The molecular weight excluding hydrogens is 626 g/mol. The second-order valence-electron chi connectivity index (χ2n) is 14.2. The van der Waals surface area contributed by atoms with E-state index in [4.69, 9.17) is 0 Å². The lowest BCUT2D eigenvalue weighted by Crippen LogP contribution is -2.63. The van der Waals surface area contributed by atoms with Gasteiger partial charge in [0.1, 0.15) is 23.8 Å². The van der Waals surface area contributed by atoms with Crippen LogP contribution in [0, 0.1) is 11.3 Å². The van der Waals surface area contributed by atoms with Gasteiger partial charge in [-0.15, -0.1) is 0 Å². The number of hydrogen-bond donors (Lipinski definition) is 4. The lowest BCUT2D eigenvalue weighted by atomic mass is 9.83. The molecule has 4 N–H and O–H groups in total. The second kappa shape index (κ2) is 16.1. The van der Waals surface area contributed by atoms with Crippen molar-refractivity contribution in [2.75, 3.05) is 0 Å². The molecule has 0 bridgehead atoms. The van der Waals surface area contributed by atoms with Crippen molar-refractivity contribution in [3.63, 3.8) is 0 Å². The van der Waals surface area contributed by atoms with Gasteiger partial charge in [-0.3, -0.25) is 33.8 Å². The van der Waals surface area contributed by atoms with Crippen molar-refractivity contribution in [2.24, 2.45) is 11.3 Å². The van der Waals surface area contributed by atoms with Gasteiger partial charge in [0, 0.05) is 31.4 Å². The number of fused-ring (bicyclic) bond motifs is 1. The van der Waals surface area contributed by atoms with E-state index >= 15 is 0 Å². The molecule has 264 valence electrons. The summed E-state index contributed by atoms with van der Waals surface area (Å²) in [5.41, 5.74) is 0.994. The van der Waals surface area contributed by atoms with E-state index in [0.29, 0.717) is 12.8 Å². The molecule has 2 heterocycles. The van der Waals surface area contributed by atoms with Crippen LogP contribution >= 0.6 is 0 Å². The largest absolute Gasteiger partial charge is 0.347 e. The van der Waals surface area contributed by atoms with Crippen molar-refractivity contribution < 1.29 is 28.8 Å². The highest BCUT2D eigenvalue weighted by Gasteiger charge is 2.44. The van der Waals surface area contributed by atoms with Crippen LogP contribution in [-0.2, 0) is 36.9 Å². The maximum Gasteiger partial charge on any atom is 0.289 e. The molecule has 0 saturated heterocycles. The van der Waals surface area contributed by atoms with Crippen LogP contribution < -0.4 is 21.3 Å². The summed E-state index contributed by atoms with van der Waals surface area (Å²) < 4.78 is 0. The van der Waals surface area contributed by atoms with E-state index in [1.807, 2.05) is 65.8 Å². The average molecular weight is 676 g/mol. The lowest BCUT2D eigenvalue weighted by molar-refractivity contribution is -0.148. The van der Waals surface area contributed by atoms with Crippen LogP contribution in [0.4, 0.5) is 0 Å². The fourth-order valence-corrected chi connectivity index (χ4v) is 5.84. The number of amides is 5. The number of hydrogen-bond acceptors (Lipinski definition) is 8. The van der Waals surface area contributed by atoms with E-state index in [9.17, 15) is 28.8 Å². The van der Waals surface area contributed by atoms with E-state index in [0.717, 1.165) is 24.0 Å². The Kier molecular flexibility index (Phi) is 12.2. The molecule has 1 saturated carbocycles. The Morgan fingerprint density at radius 3 is 2.24 bits per heavy atom. The summed E-state index contributed by atoms with van der Waals surface area (Å²) >= 11 is 0. The van der Waals surface area contributed by atoms with Gasteiger partial charge in [-0.05, 0) is 41.7 Å². The van der Waals surface area contributed by atoms with Gasteiger partial charge in [-0.1, -0.05) is 78.6 Å².